The first-order valence-electron chi connectivity index (χ1n) is 4.88. The molecule has 1 aromatic rings. The van der Waals surface area contributed by atoms with Gasteiger partial charge in [-0.1, -0.05) is 12.1 Å². The van der Waals surface area contributed by atoms with Crippen LogP contribution in [0.1, 0.15) is 18.5 Å². The molecule has 0 spiro atoms. The fourth-order valence-corrected chi connectivity index (χ4v) is 1.71. The van der Waals surface area contributed by atoms with Gasteiger partial charge in [0.05, 0.1) is 5.75 Å². The molecule has 4 nitrogen and oxygen atoms in total. The second-order valence-electron chi connectivity index (χ2n) is 3.60. The van der Waals surface area contributed by atoms with Crippen molar-refractivity contribution in [3.05, 3.63) is 35.6 Å². The zero-order valence-electron chi connectivity index (χ0n) is 8.98. The zero-order chi connectivity index (χ0) is 12.2. The van der Waals surface area contributed by atoms with E-state index in [2.05, 4.69) is 5.32 Å². The third kappa shape index (κ3) is 4.69. The molecular formula is C10H15FN2O2S. The van der Waals surface area contributed by atoms with E-state index in [0.717, 1.165) is 5.56 Å². The molecule has 0 aromatic heterocycles. The lowest BCUT2D eigenvalue weighted by Crippen LogP contribution is -2.28. The number of hydrogen-bond donors (Lipinski definition) is 2. The molecule has 0 aliphatic carbocycles. The lowest BCUT2D eigenvalue weighted by molar-refractivity contribution is 0.567. The fourth-order valence-electron chi connectivity index (χ4n) is 1.31. The molecule has 0 bridgehead atoms. The van der Waals surface area contributed by atoms with E-state index in [0.29, 0.717) is 0 Å². The highest BCUT2D eigenvalue weighted by Gasteiger charge is 2.07. The summed E-state index contributed by atoms with van der Waals surface area (Å²) in [4.78, 5) is 0. The number of benzene rings is 1. The molecule has 3 N–H and O–H groups in total. The molecule has 0 fully saturated rings. The van der Waals surface area contributed by atoms with Gasteiger partial charge in [-0.2, -0.15) is 0 Å². The quantitative estimate of drug-likeness (QED) is 0.806. The van der Waals surface area contributed by atoms with Crippen molar-refractivity contribution in [3.63, 3.8) is 0 Å². The highest BCUT2D eigenvalue weighted by Crippen LogP contribution is 2.12. The van der Waals surface area contributed by atoms with Crippen LogP contribution in [0, 0.1) is 5.82 Å². The molecule has 1 rings (SSSR count). The Kier molecular flexibility index (Phi) is 4.40. The van der Waals surface area contributed by atoms with Crippen LogP contribution in [0.3, 0.4) is 0 Å². The molecule has 16 heavy (non-hydrogen) atoms. The topological polar surface area (TPSA) is 72.2 Å². The molecule has 6 heteroatoms. The zero-order valence-corrected chi connectivity index (χ0v) is 9.80. The molecule has 0 saturated carbocycles. The van der Waals surface area contributed by atoms with Crippen molar-refractivity contribution in [1.82, 2.24) is 5.32 Å². The van der Waals surface area contributed by atoms with Gasteiger partial charge in [-0.05, 0) is 24.6 Å². The summed E-state index contributed by atoms with van der Waals surface area (Å²) in [7, 11) is -3.45. The summed E-state index contributed by atoms with van der Waals surface area (Å²) in [6.07, 6.45) is 0. The maximum absolute atomic E-state index is 12.9. The van der Waals surface area contributed by atoms with Gasteiger partial charge in [-0.15, -0.1) is 0 Å². The number of nitrogens with two attached hydrogens (primary N) is 1. The van der Waals surface area contributed by atoms with Gasteiger partial charge in [-0.25, -0.2) is 17.9 Å². The number of hydrogen-bond acceptors (Lipinski definition) is 3. The summed E-state index contributed by atoms with van der Waals surface area (Å²) >= 11 is 0. The smallest absolute Gasteiger partial charge is 0.210 e. The van der Waals surface area contributed by atoms with Crippen LogP contribution in [0.15, 0.2) is 24.3 Å². The number of rotatable bonds is 5. The molecule has 1 atom stereocenters. The van der Waals surface area contributed by atoms with Crippen LogP contribution in [0.2, 0.25) is 0 Å². The molecule has 0 heterocycles. The molecule has 0 aliphatic rings. The average molecular weight is 246 g/mol. The molecule has 0 aliphatic heterocycles. The van der Waals surface area contributed by atoms with Crippen LogP contribution in [-0.4, -0.2) is 20.7 Å². The largest absolute Gasteiger partial charge is 0.309 e. The van der Waals surface area contributed by atoms with E-state index in [1.165, 1.54) is 12.1 Å². The summed E-state index contributed by atoms with van der Waals surface area (Å²) in [6, 6.07) is 6.05. The van der Waals surface area contributed by atoms with Crippen molar-refractivity contribution in [2.75, 3.05) is 12.3 Å². The normalized spacial score (nSPS) is 13.7. The Morgan fingerprint density at radius 3 is 2.75 bits per heavy atom. The summed E-state index contributed by atoms with van der Waals surface area (Å²) < 4.78 is 34.3. The number of primary sulfonamides is 1. The Hall–Kier alpha value is -0.980. The van der Waals surface area contributed by atoms with Gasteiger partial charge in [-0.3, -0.25) is 0 Å². The predicted molar refractivity (Wildman–Crippen MR) is 60.8 cm³/mol. The van der Waals surface area contributed by atoms with E-state index >= 15 is 0 Å². The van der Waals surface area contributed by atoms with Crippen molar-refractivity contribution in [3.8, 4) is 0 Å². The predicted octanol–water partition coefficient (Wildman–Crippen LogP) is 0.765. The second-order valence-corrected chi connectivity index (χ2v) is 5.33. The van der Waals surface area contributed by atoms with Crippen molar-refractivity contribution >= 4 is 10.0 Å². The van der Waals surface area contributed by atoms with E-state index in [9.17, 15) is 12.8 Å². The standard InChI is InChI=1S/C10H15FN2O2S/c1-8(13-5-6-16(12,14)15)9-3-2-4-10(11)7-9/h2-4,7-8,13H,5-6H2,1H3,(H2,12,14,15)/t8-/m1/s1. The molecule has 0 amide bonds. The second kappa shape index (κ2) is 5.38. The molecule has 0 saturated heterocycles. The van der Waals surface area contributed by atoms with Crippen molar-refractivity contribution in [2.24, 2.45) is 5.14 Å². The van der Waals surface area contributed by atoms with Crippen LogP contribution in [0.25, 0.3) is 0 Å². The fraction of sp³-hybridized carbons (Fsp3) is 0.400. The highest BCUT2D eigenvalue weighted by molar-refractivity contribution is 7.89. The minimum Gasteiger partial charge on any atom is -0.309 e. The Morgan fingerprint density at radius 2 is 2.19 bits per heavy atom. The van der Waals surface area contributed by atoms with Gasteiger partial charge >= 0.3 is 0 Å². The molecule has 1 aromatic carbocycles. The molecule has 0 radical (unpaired) electrons. The number of sulfonamides is 1. The lowest BCUT2D eigenvalue weighted by Gasteiger charge is -2.13. The first-order chi connectivity index (χ1) is 7.38. The summed E-state index contributed by atoms with van der Waals surface area (Å²) in [6.45, 7) is 2.08. The summed E-state index contributed by atoms with van der Waals surface area (Å²) in [5, 5.41) is 7.81. The minimum absolute atomic E-state index is 0.113. The van der Waals surface area contributed by atoms with Gasteiger partial charge in [0.15, 0.2) is 0 Å². The average Bonchev–Trinajstić information content (AvgIpc) is 2.15. The van der Waals surface area contributed by atoms with E-state index in [-0.39, 0.29) is 24.2 Å². The van der Waals surface area contributed by atoms with Crippen LogP contribution < -0.4 is 10.5 Å². The maximum atomic E-state index is 12.9. The van der Waals surface area contributed by atoms with Gasteiger partial charge in [0, 0.05) is 12.6 Å². The maximum Gasteiger partial charge on any atom is 0.210 e. The van der Waals surface area contributed by atoms with Gasteiger partial charge in [0.2, 0.25) is 10.0 Å². The Bertz CT molecular complexity index is 448. The van der Waals surface area contributed by atoms with E-state index in [4.69, 9.17) is 5.14 Å². The molecule has 90 valence electrons. The lowest BCUT2D eigenvalue weighted by atomic mass is 10.1. The van der Waals surface area contributed by atoms with Crippen molar-refractivity contribution in [1.29, 1.82) is 0 Å². The first kappa shape index (κ1) is 13.1. The molecular weight excluding hydrogens is 231 g/mol. The van der Waals surface area contributed by atoms with Crippen LogP contribution in [-0.2, 0) is 10.0 Å². The van der Waals surface area contributed by atoms with Crippen molar-refractivity contribution in [2.45, 2.75) is 13.0 Å². The SMILES string of the molecule is C[C@@H](NCCS(N)(=O)=O)c1cccc(F)c1. The molecule has 0 unspecified atom stereocenters. The minimum atomic E-state index is -3.45. The van der Waals surface area contributed by atoms with Crippen LogP contribution >= 0.6 is 0 Å². The van der Waals surface area contributed by atoms with Gasteiger partial charge < -0.3 is 5.32 Å². The Balaban J connectivity index is 2.50. The third-order valence-electron chi connectivity index (χ3n) is 2.19. The number of nitrogens with one attached hydrogen (secondary N) is 1. The highest BCUT2D eigenvalue weighted by atomic mass is 32.2. The van der Waals surface area contributed by atoms with Gasteiger partial charge in [0.25, 0.3) is 0 Å². The Morgan fingerprint density at radius 1 is 1.50 bits per heavy atom. The van der Waals surface area contributed by atoms with Crippen LogP contribution in [0.4, 0.5) is 4.39 Å². The number of halogens is 1. The summed E-state index contributed by atoms with van der Waals surface area (Å²) in [5.74, 6) is -0.440. The summed E-state index contributed by atoms with van der Waals surface area (Å²) in [5.41, 5.74) is 0.773. The van der Waals surface area contributed by atoms with E-state index < -0.39 is 10.0 Å². The van der Waals surface area contributed by atoms with Crippen LogP contribution in [0.5, 0.6) is 0 Å². The Labute approximate surface area is 94.7 Å². The monoisotopic (exact) mass is 246 g/mol. The van der Waals surface area contributed by atoms with Crippen molar-refractivity contribution < 1.29 is 12.8 Å². The first-order valence-corrected chi connectivity index (χ1v) is 6.59. The van der Waals surface area contributed by atoms with E-state index in [1.54, 1.807) is 12.1 Å². The van der Waals surface area contributed by atoms with Gasteiger partial charge in [0.1, 0.15) is 5.82 Å². The third-order valence-corrected chi connectivity index (χ3v) is 2.96. The van der Waals surface area contributed by atoms with E-state index in [1.807, 2.05) is 6.92 Å².